The summed E-state index contributed by atoms with van der Waals surface area (Å²) in [5.41, 5.74) is 5.66. The molecular formula is C11H20N4O2. The zero-order valence-electron chi connectivity index (χ0n) is 10.1. The molecule has 0 saturated heterocycles. The van der Waals surface area contributed by atoms with Gasteiger partial charge in [-0.25, -0.2) is 9.97 Å². The summed E-state index contributed by atoms with van der Waals surface area (Å²) in [6.45, 7) is 1.41. The van der Waals surface area contributed by atoms with E-state index >= 15 is 0 Å². The van der Waals surface area contributed by atoms with Crippen LogP contribution in [-0.4, -0.2) is 35.3 Å². The molecule has 0 radical (unpaired) electrons. The van der Waals surface area contributed by atoms with Crippen molar-refractivity contribution in [2.45, 2.75) is 25.9 Å². The molecule has 6 nitrogen and oxygen atoms in total. The van der Waals surface area contributed by atoms with Crippen LogP contribution in [0.3, 0.4) is 0 Å². The number of nitrogens with one attached hydrogen (secondary N) is 1. The minimum Gasteiger partial charge on any atom is -0.396 e. The minimum atomic E-state index is 0.248. The van der Waals surface area contributed by atoms with Crippen LogP contribution in [0.1, 0.15) is 25.1 Å². The number of rotatable bonds is 8. The van der Waals surface area contributed by atoms with Crippen molar-refractivity contribution in [1.29, 1.82) is 0 Å². The van der Waals surface area contributed by atoms with Gasteiger partial charge in [0.15, 0.2) is 5.82 Å². The molecule has 0 bridgehead atoms. The number of aromatic nitrogens is 2. The molecule has 17 heavy (non-hydrogen) atoms. The summed E-state index contributed by atoms with van der Waals surface area (Å²) in [4.78, 5) is 8.31. The third-order valence-electron chi connectivity index (χ3n) is 2.21. The van der Waals surface area contributed by atoms with Gasteiger partial charge in [0.2, 0.25) is 0 Å². The summed E-state index contributed by atoms with van der Waals surface area (Å²) < 4.78 is 4.96. The number of hydrogen-bond donors (Lipinski definition) is 3. The number of ether oxygens (including phenoxy) is 1. The van der Waals surface area contributed by atoms with E-state index in [9.17, 15) is 0 Å². The molecule has 1 rings (SSSR count). The van der Waals surface area contributed by atoms with Gasteiger partial charge >= 0.3 is 0 Å². The summed E-state index contributed by atoms with van der Waals surface area (Å²) in [5.74, 6) is 1.73. The van der Waals surface area contributed by atoms with Crippen LogP contribution in [0.5, 0.6) is 0 Å². The Hall–Kier alpha value is -1.40. The largest absolute Gasteiger partial charge is 0.396 e. The van der Waals surface area contributed by atoms with Crippen molar-refractivity contribution >= 4 is 11.6 Å². The second-order valence-corrected chi connectivity index (χ2v) is 3.74. The van der Waals surface area contributed by atoms with E-state index in [0.717, 1.165) is 25.8 Å². The second kappa shape index (κ2) is 7.81. The van der Waals surface area contributed by atoms with E-state index in [1.54, 1.807) is 13.2 Å². The highest BCUT2D eigenvalue weighted by molar-refractivity contribution is 5.44. The van der Waals surface area contributed by atoms with Crippen molar-refractivity contribution in [2.75, 3.05) is 31.3 Å². The first kappa shape index (κ1) is 13.7. The third kappa shape index (κ3) is 5.46. The summed E-state index contributed by atoms with van der Waals surface area (Å²) in [6.07, 6.45) is 2.82. The third-order valence-corrected chi connectivity index (χ3v) is 2.21. The highest BCUT2D eigenvalue weighted by Gasteiger charge is 2.01. The number of aliphatic hydroxyl groups excluding tert-OH is 1. The number of aliphatic hydroxyl groups is 1. The number of nitrogens with two attached hydrogens (primary N) is 1. The maximum Gasteiger partial charge on any atom is 0.158 e. The number of unbranched alkanes of at least 4 members (excludes halogenated alkanes) is 2. The summed E-state index contributed by atoms with van der Waals surface area (Å²) in [6, 6.07) is 1.70. The number of anilines is 2. The lowest BCUT2D eigenvalue weighted by Crippen LogP contribution is -2.08. The van der Waals surface area contributed by atoms with Crippen molar-refractivity contribution in [2.24, 2.45) is 0 Å². The molecule has 0 unspecified atom stereocenters. The topological polar surface area (TPSA) is 93.3 Å². The Bertz CT molecular complexity index is 333. The van der Waals surface area contributed by atoms with Crippen LogP contribution in [0.2, 0.25) is 0 Å². The molecule has 1 aromatic rings. The Labute approximate surface area is 101 Å². The van der Waals surface area contributed by atoms with Gasteiger partial charge in [-0.2, -0.15) is 0 Å². The maximum absolute atomic E-state index is 8.64. The lowest BCUT2D eigenvalue weighted by molar-refractivity contribution is 0.178. The molecule has 0 amide bonds. The van der Waals surface area contributed by atoms with Gasteiger partial charge in [0.1, 0.15) is 18.2 Å². The van der Waals surface area contributed by atoms with Gasteiger partial charge in [-0.1, -0.05) is 0 Å². The zero-order valence-corrected chi connectivity index (χ0v) is 10.1. The fraction of sp³-hybridized carbons (Fsp3) is 0.636. The molecule has 1 heterocycles. The van der Waals surface area contributed by atoms with E-state index in [0.29, 0.717) is 24.1 Å². The quantitative estimate of drug-likeness (QED) is 0.581. The molecule has 0 saturated carbocycles. The first-order chi connectivity index (χ1) is 8.26. The molecule has 0 aliphatic carbocycles. The van der Waals surface area contributed by atoms with Crippen LogP contribution in [0.4, 0.5) is 11.6 Å². The Balaban J connectivity index is 2.41. The average Bonchev–Trinajstić information content (AvgIpc) is 2.28. The minimum absolute atomic E-state index is 0.248. The molecule has 0 atom stereocenters. The summed E-state index contributed by atoms with van der Waals surface area (Å²) >= 11 is 0. The number of hydrogen-bond acceptors (Lipinski definition) is 6. The Morgan fingerprint density at radius 2 is 2.18 bits per heavy atom. The Morgan fingerprint density at radius 3 is 2.88 bits per heavy atom. The van der Waals surface area contributed by atoms with E-state index in [1.165, 1.54) is 0 Å². The smallest absolute Gasteiger partial charge is 0.158 e. The number of nitrogens with zero attached hydrogens (tertiary/aromatic N) is 2. The van der Waals surface area contributed by atoms with Gasteiger partial charge in [-0.15, -0.1) is 0 Å². The van der Waals surface area contributed by atoms with E-state index in [2.05, 4.69) is 15.3 Å². The van der Waals surface area contributed by atoms with Crippen LogP contribution < -0.4 is 11.1 Å². The number of nitrogen functional groups attached to an aromatic ring is 1. The molecule has 96 valence electrons. The maximum atomic E-state index is 8.64. The van der Waals surface area contributed by atoms with Crippen LogP contribution >= 0.6 is 0 Å². The highest BCUT2D eigenvalue weighted by atomic mass is 16.5. The van der Waals surface area contributed by atoms with Gasteiger partial charge in [0.25, 0.3) is 0 Å². The highest BCUT2D eigenvalue weighted by Crippen LogP contribution is 2.09. The first-order valence-electron chi connectivity index (χ1n) is 5.73. The second-order valence-electron chi connectivity index (χ2n) is 3.74. The lowest BCUT2D eigenvalue weighted by Gasteiger charge is -2.07. The van der Waals surface area contributed by atoms with Crippen LogP contribution in [0.15, 0.2) is 6.07 Å². The molecule has 1 aromatic heterocycles. The van der Waals surface area contributed by atoms with Crippen LogP contribution in [-0.2, 0) is 11.3 Å². The van der Waals surface area contributed by atoms with Crippen molar-refractivity contribution in [3.05, 3.63) is 11.9 Å². The molecule has 4 N–H and O–H groups in total. The lowest BCUT2D eigenvalue weighted by atomic mass is 10.2. The van der Waals surface area contributed by atoms with Crippen molar-refractivity contribution in [3.8, 4) is 0 Å². The van der Waals surface area contributed by atoms with Gasteiger partial charge < -0.3 is 20.9 Å². The normalized spacial score (nSPS) is 10.5. The van der Waals surface area contributed by atoms with Crippen molar-refractivity contribution < 1.29 is 9.84 Å². The fourth-order valence-corrected chi connectivity index (χ4v) is 1.43. The Morgan fingerprint density at radius 1 is 1.35 bits per heavy atom. The SMILES string of the molecule is COCc1nc(N)cc(NCCCCCO)n1. The summed E-state index contributed by atoms with van der Waals surface area (Å²) in [7, 11) is 1.59. The Kier molecular flexibility index (Phi) is 6.27. The molecule has 6 heteroatoms. The molecule has 0 fully saturated rings. The average molecular weight is 240 g/mol. The zero-order chi connectivity index (χ0) is 12.5. The van der Waals surface area contributed by atoms with Gasteiger partial charge in [0.05, 0.1) is 0 Å². The van der Waals surface area contributed by atoms with Crippen LogP contribution in [0.25, 0.3) is 0 Å². The predicted octanol–water partition coefficient (Wildman–Crippen LogP) is 0.780. The summed E-state index contributed by atoms with van der Waals surface area (Å²) in [5, 5.41) is 11.8. The molecular weight excluding hydrogens is 220 g/mol. The van der Waals surface area contributed by atoms with Crippen molar-refractivity contribution in [3.63, 3.8) is 0 Å². The van der Waals surface area contributed by atoms with E-state index in [4.69, 9.17) is 15.6 Å². The fourth-order valence-electron chi connectivity index (χ4n) is 1.43. The van der Waals surface area contributed by atoms with Gasteiger partial charge in [-0.3, -0.25) is 0 Å². The molecule has 0 aliphatic heterocycles. The molecule has 0 aromatic carbocycles. The molecule has 0 spiro atoms. The van der Waals surface area contributed by atoms with E-state index < -0.39 is 0 Å². The monoisotopic (exact) mass is 240 g/mol. The van der Waals surface area contributed by atoms with E-state index in [1.807, 2.05) is 0 Å². The standard InChI is InChI=1S/C11H20N4O2/c1-17-8-11-14-9(12)7-10(15-11)13-5-3-2-4-6-16/h7,16H,2-6,8H2,1H3,(H3,12,13,14,15). The predicted molar refractivity (Wildman–Crippen MR) is 66.6 cm³/mol. The van der Waals surface area contributed by atoms with Crippen LogP contribution in [0, 0.1) is 0 Å². The van der Waals surface area contributed by atoms with Gasteiger partial charge in [0, 0.05) is 26.3 Å². The first-order valence-corrected chi connectivity index (χ1v) is 5.73. The van der Waals surface area contributed by atoms with Gasteiger partial charge in [-0.05, 0) is 19.3 Å². The number of methoxy groups -OCH3 is 1. The van der Waals surface area contributed by atoms with E-state index in [-0.39, 0.29) is 6.61 Å². The molecule has 0 aliphatic rings. The van der Waals surface area contributed by atoms with Crippen molar-refractivity contribution in [1.82, 2.24) is 9.97 Å².